The predicted octanol–water partition coefficient (Wildman–Crippen LogP) is 3.65. The van der Waals surface area contributed by atoms with Gasteiger partial charge in [-0.05, 0) is 41.8 Å². The number of imide groups is 1. The van der Waals surface area contributed by atoms with Crippen LogP contribution in [0.15, 0.2) is 36.4 Å². The van der Waals surface area contributed by atoms with Gasteiger partial charge in [-0.1, -0.05) is 29.8 Å². The lowest BCUT2D eigenvalue weighted by atomic mass is 10.0. The molecule has 1 N–H and O–H groups in total. The summed E-state index contributed by atoms with van der Waals surface area (Å²) in [5.41, 5.74) is 3.55. The Labute approximate surface area is 181 Å². The molecule has 2 aliphatic heterocycles. The second-order valence-electron chi connectivity index (χ2n) is 7.62. The molecule has 0 radical (unpaired) electrons. The molecule has 0 aromatic heterocycles. The molecule has 1 atom stereocenters. The minimum Gasteiger partial charge on any atom is -0.493 e. The number of nitrogens with zero attached hydrogens (tertiary/aromatic N) is 1. The van der Waals surface area contributed by atoms with E-state index in [0.717, 1.165) is 24.3 Å². The highest BCUT2D eigenvalue weighted by atomic mass is 35.5. The fourth-order valence-electron chi connectivity index (χ4n) is 3.76. The van der Waals surface area contributed by atoms with E-state index < -0.39 is 0 Å². The zero-order valence-electron chi connectivity index (χ0n) is 16.9. The van der Waals surface area contributed by atoms with Crippen LogP contribution in [0, 0.1) is 0 Å². The fraction of sp³-hybridized carbons (Fsp3) is 0.391. The topological polar surface area (TPSA) is 67.9 Å². The van der Waals surface area contributed by atoms with Gasteiger partial charge in [0.15, 0.2) is 0 Å². The zero-order valence-corrected chi connectivity index (χ0v) is 17.7. The number of ether oxygens (including phenoxy) is 2. The standard InChI is InChI=1S/C23H25ClN2O4/c1-15(17-3-5-20-18(13-17)8-10-29-20)25-14-16-2-4-21(19(24)12-16)30-11-9-26-22(27)6-7-23(26)28/h2-5,12-13,15,25H,6-11,14H2,1H3. The van der Waals surface area contributed by atoms with Crippen LogP contribution in [0.2, 0.25) is 5.02 Å². The van der Waals surface area contributed by atoms with Gasteiger partial charge in [-0.15, -0.1) is 0 Å². The van der Waals surface area contributed by atoms with E-state index in [4.69, 9.17) is 21.1 Å². The Morgan fingerprint density at radius 3 is 2.70 bits per heavy atom. The van der Waals surface area contributed by atoms with Gasteiger partial charge in [-0.2, -0.15) is 0 Å². The van der Waals surface area contributed by atoms with Gasteiger partial charge < -0.3 is 14.8 Å². The summed E-state index contributed by atoms with van der Waals surface area (Å²) in [4.78, 5) is 24.5. The molecule has 0 bridgehead atoms. The molecular weight excluding hydrogens is 404 g/mol. The van der Waals surface area contributed by atoms with Crippen molar-refractivity contribution in [2.75, 3.05) is 19.8 Å². The summed E-state index contributed by atoms with van der Waals surface area (Å²) in [6.45, 7) is 4.05. The molecule has 6 nitrogen and oxygen atoms in total. The molecule has 2 aromatic carbocycles. The van der Waals surface area contributed by atoms with Crippen LogP contribution in [0.1, 0.15) is 42.5 Å². The van der Waals surface area contributed by atoms with Gasteiger partial charge in [-0.25, -0.2) is 0 Å². The van der Waals surface area contributed by atoms with Crippen LogP contribution in [0.5, 0.6) is 11.5 Å². The summed E-state index contributed by atoms with van der Waals surface area (Å²) in [7, 11) is 0. The molecule has 0 saturated carbocycles. The number of carbonyl (C=O) groups excluding carboxylic acids is 2. The van der Waals surface area contributed by atoms with Crippen molar-refractivity contribution in [1.29, 1.82) is 0 Å². The van der Waals surface area contributed by atoms with Crippen LogP contribution in [0.3, 0.4) is 0 Å². The monoisotopic (exact) mass is 428 g/mol. The molecular formula is C23H25ClN2O4. The van der Waals surface area contributed by atoms with E-state index in [0.29, 0.717) is 30.2 Å². The zero-order chi connectivity index (χ0) is 21.1. The fourth-order valence-corrected chi connectivity index (χ4v) is 4.01. The van der Waals surface area contributed by atoms with Crippen LogP contribution < -0.4 is 14.8 Å². The highest BCUT2D eigenvalue weighted by Crippen LogP contribution is 2.29. The van der Waals surface area contributed by atoms with Gasteiger partial charge in [-0.3, -0.25) is 14.5 Å². The average Bonchev–Trinajstić information content (AvgIpc) is 3.34. The van der Waals surface area contributed by atoms with Gasteiger partial charge >= 0.3 is 0 Å². The van der Waals surface area contributed by atoms with Crippen molar-refractivity contribution < 1.29 is 19.1 Å². The highest BCUT2D eigenvalue weighted by molar-refractivity contribution is 6.32. The molecule has 2 heterocycles. The predicted molar refractivity (Wildman–Crippen MR) is 114 cm³/mol. The van der Waals surface area contributed by atoms with E-state index >= 15 is 0 Å². The number of nitrogens with one attached hydrogen (secondary N) is 1. The van der Waals surface area contributed by atoms with Crippen molar-refractivity contribution in [3.8, 4) is 11.5 Å². The SMILES string of the molecule is CC(NCc1ccc(OCCN2C(=O)CCC2=O)c(Cl)c1)c1ccc2c(c1)CCO2. The normalized spacial score (nSPS) is 16.5. The molecule has 0 spiro atoms. The number of carbonyl (C=O) groups is 2. The Morgan fingerprint density at radius 2 is 1.93 bits per heavy atom. The lowest BCUT2D eigenvalue weighted by molar-refractivity contribution is -0.138. The third-order valence-electron chi connectivity index (χ3n) is 5.55. The molecule has 0 aliphatic carbocycles. The second-order valence-corrected chi connectivity index (χ2v) is 8.03. The molecule has 158 valence electrons. The highest BCUT2D eigenvalue weighted by Gasteiger charge is 2.28. The van der Waals surface area contributed by atoms with Crippen molar-refractivity contribution >= 4 is 23.4 Å². The van der Waals surface area contributed by atoms with E-state index in [-0.39, 0.29) is 31.0 Å². The number of halogens is 1. The van der Waals surface area contributed by atoms with Gasteiger partial charge in [0.1, 0.15) is 18.1 Å². The first-order chi connectivity index (χ1) is 14.5. The Hall–Kier alpha value is -2.57. The first-order valence-electron chi connectivity index (χ1n) is 10.2. The molecule has 1 saturated heterocycles. The number of rotatable bonds is 8. The summed E-state index contributed by atoms with van der Waals surface area (Å²) in [6, 6.07) is 12.2. The Balaban J connectivity index is 1.28. The number of amides is 2. The number of hydrogen-bond donors (Lipinski definition) is 1. The van der Waals surface area contributed by atoms with Crippen LogP contribution in [0.25, 0.3) is 0 Å². The molecule has 1 unspecified atom stereocenters. The molecule has 4 rings (SSSR count). The lowest BCUT2D eigenvalue weighted by Gasteiger charge is -2.17. The summed E-state index contributed by atoms with van der Waals surface area (Å²) < 4.78 is 11.2. The van der Waals surface area contributed by atoms with E-state index in [1.165, 1.54) is 16.0 Å². The smallest absolute Gasteiger partial charge is 0.229 e. The molecule has 30 heavy (non-hydrogen) atoms. The third-order valence-corrected chi connectivity index (χ3v) is 5.84. The van der Waals surface area contributed by atoms with Crippen molar-refractivity contribution in [1.82, 2.24) is 10.2 Å². The maximum Gasteiger partial charge on any atom is 0.229 e. The minimum atomic E-state index is -0.138. The Kier molecular flexibility index (Phi) is 6.25. The maximum absolute atomic E-state index is 11.6. The van der Waals surface area contributed by atoms with Gasteiger partial charge in [0.2, 0.25) is 11.8 Å². The Bertz CT molecular complexity index is 946. The molecule has 2 aliphatic rings. The van der Waals surface area contributed by atoms with Crippen LogP contribution in [-0.4, -0.2) is 36.5 Å². The van der Waals surface area contributed by atoms with E-state index in [9.17, 15) is 9.59 Å². The van der Waals surface area contributed by atoms with Gasteiger partial charge in [0.05, 0.1) is 18.2 Å². The van der Waals surface area contributed by atoms with Crippen molar-refractivity contribution in [2.45, 2.75) is 38.8 Å². The molecule has 1 fully saturated rings. The summed E-state index contributed by atoms with van der Waals surface area (Å²) in [5.74, 6) is 1.26. The number of fused-ring (bicyclic) bond motifs is 1. The van der Waals surface area contributed by atoms with Crippen molar-refractivity contribution in [3.05, 3.63) is 58.1 Å². The largest absolute Gasteiger partial charge is 0.493 e. The quantitative estimate of drug-likeness (QED) is 0.650. The summed E-state index contributed by atoms with van der Waals surface area (Å²) in [5, 5.41) is 4.03. The van der Waals surface area contributed by atoms with Crippen molar-refractivity contribution in [3.63, 3.8) is 0 Å². The van der Waals surface area contributed by atoms with Crippen LogP contribution in [-0.2, 0) is 22.6 Å². The molecule has 2 aromatic rings. The second kappa shape index (κ2) is 9.06. The summed E-state index contributed by atoms with van der Waals surface area (Å²) >= 11 is 6.36. The van der Waals surface area contributed by atoms with Crippen LogP contribution >= 0.6 is 11.6 Å². The maximum atomic E-state index is 11.6. The first-order valence-corrected chi connectivity index (χ1v) is 10.6. The molecule has 2 amide bonds. The van der Waals surface area contributed by atoms with E-state index in [1.807, 2.05) is 24.3 Å². The summed E-state index contributed by atoms with van der Waals surface area (Å²) in [6.07, 6.45) is 1.55. The van der Waals surface area contributed by atoms with Crippen molar-refractivity contribution in [2.24, 2.45) is 0 Å². The van der Waals surface area contributed by atoms with Crippen LogP contribution in [0.4, 0.5) is 0 Å². The average molecular weight is 429 g/mol. The third kappa shape index (κ3) is 4.60. The number of hydrogen-bond acceptors (Lipinski definition) is 5. The lowest BCUT2D eigenvalue weighted by Crippen LogP contribution is -2.33. The Morgan fingerprint density at radius 1 is 1.13 bits per heavy atom. The number of likely N-dealkylation sites (tertiary alicyclic amines) is 1. The first kappa shape index (κ1) is 20.7. The number of benzene rings is 2. The van der Waals surface area contributed by atoms with E-state index in [2.05, 4.69) is 24.4 Å². The van der Waals surface area contributed by atoms with E-state index in [1.54, 1.807) is 0 Å². The van der Waals surface area contributed by atoms with Gasteiger partial charge in [0.25, 0.3) is 0 Å². The minimum absolute atomic E-state index is 0.138. The molecule has 7 heteroatoms. The van der Waals surface area contributed by atoms with Gasteiger partial charge in [0, 0.05) is 31.8 Å².